The summed E-state index contributed by atoms with van der Waals surface area (Å²) in [6.45, 7) is 13.3. The van der Waals surface area contributed by atoms with Crippen LogP contribution in [0.1, 0.15) is 67.2 Å². The standard InChI is InChI=1S/C18H34O5/c1-7-22-15(19)17(3,4)11-9-13-21-14-10-12-18(5,6)16(20)23-8-2/h7-14H2,1-6H3. The molecule has 0 amide bonds. The summed E-state index contributed by atoms with van der Waals surface area (Å²) in [6, 6.07) is 0. The van der Waals surface area contributed by atoms with Crippen LogP contribution in [0.4, 0.5) is 0 Å². The average Bonchev–Trinajstić information content (AvgIpc) is 2.46. The van der Waals surface area contributed by atoms with Crippen LogP contribution >= 0.6 is 0 Å². The lowest BCUT2D eigenvalue weighted by Gasteiger charge is -2.22. The quantitative estimate of drug-likeness (QED) is 0.403. The molecule has 0 spiro atoms. The minimum absolute atomic E-state index is 0.156. The first-order chi connectivity index (χ1) is 10.7. The van der Waals surface area contributed by atoms with E-state index >= 15 is 0 Å². The third-order valence-corrected chi connectivity index (χ3v) is 3.84. The van der Waals surface area contributed by atoms with Crippen LogP contribution in [0.25, 0.3) is 0 Å². The SMILES string of the molecule is CCOC(=O)C(C)(C)CCCOCCCC(C)(C)C(=O)OCC. The molecule has 0 aromatic rings. The van der Waals surface area contributed by atoms with Gasteiger partial charge in [0, 0.05) is 13.2 Å². The normalized spacial score (nSPS) is 12.1. The first-order valence-corrected chi connectivity index (χ1v) is 8.59. The van der Waals surface area contributed by atoms with E-state index in [9.17, 15) is 9.59 Å². The molecule has 0 unspecified atom stereocenters. The first-order valence-electron chi connectivity index (χ1n) is 8.59. The van der Waals surface area contributed by atoms with Crippen molar-refractivity contribution in [3.63, 3.8) is 0 Å². The van der Waals surface area contributed by atoms with Gasteiger partial charge in [-0.1, -0.05) is 0 Å². The predicted molar refractivity (Wildman–Crippen MR) is 90.1 cm³/mol. The van der Waals surface area contributed by atoms with Crippen molar-refractivity contribution in [3.8, 4) is 0 Å². The van der Waals surface area contributed by atoms with Crippen LogP contribution in [0.2, 0.25) is 0 Å². The Kier molecular flexibility index (Phi) is 10.1. The lowest BCUT2D eigenvalue weighted by molar-refractivity contribution is -0.154. The molecule has 0 saturated heterocycles. The molecule has 0 aliphatic carbocycles. The number of hydrogen-bond acceptors (Lipinski definition) is 5. The molecule has 0 rings (SSSR count). The predicted octanol–water partition coefficient (Wildman–Crippen LogP) is 3.74. The van der Waals surface area contributed by atoms with Crippen molar-refractivity contribution in [1.29, 1.82) is 0 Å². The first kappa shape index (κ1) is 21.9. The number of rotatable bonds is 12. The van der Waals surface area contributed by atoms with E-state index in [1.54, 1.807) is 0 Å². The Labute approximate surface area is 141 Å². The van der Waals surface area contributed by atoms with Gasteiger partial charge in [0.15, 0.2) is 0 Å². The fourth-order valence-electron chi connectivity index (χ4n) is 2.19. The molecule has 23 heavy (non-hydrogen) atoms. The minimum atomic E-state index is -0.467. The molecule has 0 bridgehead atoms. The van der Waals surface area contributed by atoms with Gasteiger partial charge in [0.2, 0.25) is 0 Å². The highest BCUT2D eigenvalue weighted by Gasteiger charge is 2.29. The van der Waals surface area contributed by atoms with Crippen LogP contribution in [-0.4, -0.2) is 38.4 Å². The number of hydrogen-bond donors (Lipinski definition) is 0. The van der Waals surface area contributed by atoms with E-state index in [1.807, 2.05) is 41.5 Å². The van der Waals surface area contributed by atoms with Gasteiger partial charge in [-0.05, 0) is 67.2 Å². The zero-order valence-corrected chi connectivity index (χ0v) is 15.7. The Hall–Kier alpha value is -1.10. The van der Waals surface area contributed by atoms with E-state index in [4.69, 9.17) is 14.2 Å². The van der Waals surface area contributed by atoms with Crippen LogP contribution in [-0.2, 0) is 23.8 Å². The van der Waals surface area contributed by atoms with Gasteiger partial charge in [-0.25, -0.2) is 0 Å². The second-order valence-electron chi connectivity index (χ2n) is 7.03. The van der Waals surface area contributed by atoms with Crippen molar-refractivity contribution in [3.05, 3.63) is 0 Å². The molecule has 0 fully saturated rings. The summed E-state index contributed by atoms with van der Waals surface area (Å²) < 4.78 is 15.7. The molecular weight excluding hydrogens is 296 g/mol. The highest BCUT2D eigenvalue weighted by atomic mass is 16.5. The van der Waals surface area contributed by atoms with Crippen molar-refractivity contribution >= 4 is 11.9 Å². The highest BCUT2D eigenvalue weighted by Crippen LogP contribution is 2.25. The molecule has 0 aromatic heterocycles. The molecule has 5 heteroatoms. The van der Waals surface area contributed by atoms with Crippen LogP contribution < -0.4 is 0 Å². The van der Waals surface area contributed by atoms with Crippen molar-refractivity contribution in [2.24, 2.45) is 10.8 Å². The molecule has 136 valence electrons. The summed E-state index contributed by atoms with van der Waals surface area (Å²) in [5.41, 5.74) is -0.934. The third kappa shape index (κ3) is 8.94. The summed E-state index contributed by atoms with van der Waals surface area (Å²) in [5.74, 6) is -0.313. The topological polar surface area (TPSA) is 61.8 Å². The molecule has 0 radical (unpaired) electrons. The smallest absolute Gasteiger partial charge is 0.311 e. The lowest BCUT2D eigenvalue weighted by Crippen LogP contribution is -2.27. The second-order valence-corrected chi connectivity index (χ2v) is 7.03. The van der Waals surface area contributed by atoms with Gasteiger partial charge in [0.25, 0.3) is 0 Å². The molecule has 0 aliphatic rings. The van der Waals surface area contributed by atoms with Crippen LogP contribution in [0.5, 0.6) is 0 Å². The molecule has 0 N–H and O–H groups in total. The van der Waals surface area contributed by atoms with E-state index in [0.717, 1.165) is 25.7 Å². The maximum Gasteiger partial charge on any atom is 0.311 e. The third-order valence-electron chi connectivity index (χ3n) is 3.84. The van der Waals surface area contributed by atoms with Gasteiger partial charge >= 0.3 is 11.9 Å². The van der Waals surface area contributed by atoms with Crippen molar-refractivity contribution in [2.75, 3.05) is 26.4 Å². The fourth-order valence-corrected chi connectivity index (χ4v) is 2.19. The summed E-state index contributed by atoms with van der Waals surface area (Å²) in [5, 5.41) is 0. The summed E-state index contributed by atoms with van der Waals surface area (Å²) in [4.78, 5) is 23.5. The second kappa shape index (κ2) is 10.6. The molecule has 5 nitrogen and oxygen atoms in total. The van der Waals surface area contributed by atoms with Crippen LogP contribution in [0.3, 0.4) is 0 Å². The van der Waals surface area contributed by atoms with E-state index in [0.29, 0.717) is 26.4 Å². The zero-order chi connectivity index (χ0) is 17.9. The molecule has 0 atom stereocenters. The van der Waals surface area contributed by atoms with Gasteiger partial charge in [-0.15, -0.1) is 0 Å². The summed E-state index contributed by atoms with van der Waals surface area (Å²) in [6.07, 6.45) is 3.10. The number of carbonyl (C=O) groups excluding carboxylic acids is 2. The molecule has 0 aromatic carbocycles. The van der Waals surface area contributed by atoms with E-state index in [-0.39, 0.29) is 11.9 Å². The van der Waals surface area contributed by atoms with Crippen molar-refractivity contribution < 1.29 is 23.8 Å². The largest absolute Gasteiger partial charge is 0.466 e. The molecule has 0 aliphatic heterocycles. The van der Waals surface area contributed by atoms with Crippen molar-refractivity contribution in [2.45, 2.75) is 67.2 Å². The Bertz CT molecular complexity index is 326. The maximum atomic E-state index is 11.8. The van der Waals surface area contributed by atoms with E-state index in [1.165, 1.54) is 0 Å². The monoisotopic (exact) mass is 330 g/mol. The Morgan fingerprint density at radius 3 is 1.39 bits per heavy atom. The Balaban J connectivity index is 3.82. The van der Waals surface area contributed by atoms with Crippen molar-refractivity contribution in [1.82, 2.24) is 0 Å². The van der Waals surface area contributed by atoms with Gasteiger partial charge < -0.3 is 14.2 Å². The fraction of sp³-hybridized carbons (Fsp3) is 0.889. The maximum absolute atomic E-state index is 11.8. The van der Waals surface area contributed by atoms with Crippen LogP contribution in [0, 0.1) is 10.8 Å². The van der Waals surface area contributed by atoms with Gasteiger partial charge in [0.05, 0.1) is 24.0 Å². The van der Waals surface area contributed by atoms with Crippen LogP contribution in [0.15, 0.2) is 0 Å². The number of esters is 2. The van der Waals surface area contributed by atoms with Gasteiger partial charge in [0.1, 0.15) is 0 Å². The average molecular weight is 330 g/mol. The number of carbonyl (C=O) groups is 2. The lowest BCUT2D eigenvalue weighted by atomic mass is 9.88. The Morgan fingerprint density at radius 2 is 1.09 bits per heavy atom. The van der Waals surface area contributed by atoms with Gasteiger partial charge in [-0.2, -0.15) is 0 Å². The van der Waals surface area contributed by atoms with E-state index < -0.39 is 10.8 Å². The molecular formula is C18H34O5. The van der Waals surface area contributed by atoms with E-state index in [2.05, 4.69) is 0 Å². The number of ether oxygens (including phenoxy) is 3. The Morgan fingerprint density at radius 1 is 0.739 bits per heavy atom. The molecule has 0 heterocycles. The summed E-state index contributed by atoms with van der Waals surface area (Å²) in [7, 11) is 0. The highest BCUT2D eigenvalue weighted by molar-refractivity contribution is 5.76. The van der Waals surface area contributed by atoms with Gasteiger partial charge in [-0.3, -0.25) is 9.59 Å². The zero-order valence-electron chi connectivity index (χ0n) is 15.7. The summed E-state index contributed by atoms with van der Waals surface area (Å²) >= 11 is 0. The minimum Gasteiger partial charge on any atom is -0.466 e. The molecule has 0 saturated carbocycles.